The number of hydrogen-bond donors (Lipinski definition) is 2. The molecule has 3 nitrogen and oxygen atoms in total. The first-order valence-electron chi connectivity index (χ1n) is 6.10. The zero-order chi connectivity index (χ0) is 14.4. The molecule has 3 N–H and O–H groups in total. The van der Waals surface area contributed by atoms with Gasteiger partial charge in [-0.05, 0) is 30.4 Å². The minimum absolute atomic E-state index is 0.0248. The van der Waals surface area contributed by atoms with Gasteiger partial charge in [0.05, 0.1) is 15.6 Å². The Balaban J connectivity index is 2.22. The summed E-state index contributed by atoms with van der Waals surface area (Å²) < 4.78 is 14.1. The molecule has 2 aromatic rings. The third kappa shape index (κ3) is 2.07. The van der Waals surface area contributed by atoms with Crippen LogP contribution in [0.25, 0.3) is 10.4 Å². The van der Waals surface area contributed by atoms with Crippen LogP contribution in [-0.2, 0) is 0 Å². The molecule has 1 fully saturated rings. The number of thiophene rings is 1. The van der Waals surface area contributed by atoms with E-state index in [0.29, 0.717) is 15.5 Å². The standard InChI is InChI=1S/C14H11ClFNO2S/c15-10-9(6-4-5-6)13(14(18)19)20-12(10)7-2-1-3-8(17)11(7)16/h1-3,6H,4-5,17H2,(H,18,19). The first-order chi connectivity index (χ1) is 9.50. The summed E-state index contributed by atoms with van der Waals surface area (Å²) in [5, 5.41) is 9.63. The van der Waals surface area contributed by atoms with E-state index < -0.39 is 11.8 Å². The van der Waals surface area contributed by atoms with Crippen molar-refractivity contribution in [3.8, 4) is 10.4 Å². The topological polar surface area (TPSA) is 63.3 Å². The average Bonchev–Trinajstić information content (AvgIpc) is 3.17. The van der Waals surface area contributed by atoms with Gasteiger partial charge in [-0.3, -0.25) is 0 Å². The summed E-state index contributed by atoms with van der Waals surface area (Å²) in [6, 6.07) is 4.65. The highest BCUT2D eigenvalue weighted by molar-refractivity contribution is 7.18. The lowest BCUT2D eigenvalue weighted by molar-refractivity contribution is 0.0701. The van der Waals surface area contributed by atoms with E-state index in [2.05, 4.69) is 0 Å². The van der Waals surface area contributed by atoms with Gasteiger partial charge in [0.1, 0.15) is 4.88 Å². The highest BCUT2D eigenvalue weighted by Crippen LogP contribution is 2.51. The Bertz CT molecular complexity index is 709. The van der Waals surface area contributed by atoms with Crippen LogP contribution in [-0.4, -0.2) is 11.1 Å². The van der Waals surface area contributed by atoms with Gasteiger partial charge in [-0.15, -0.1) is 11.3 Å². The summed E-state index contributed by atoms with van der Waals surface area (Å²) in [6.45, 7) is 0. The summed E-state index contributed by atoms with van der Waals surface area (Å²) in [6.07, 6.45) is 1.85. The van der Waals surface area contributed by atoms with Crippen molar-refractivity contribution < 1.29 is 14.3 Å². The van der Waals surface area contributed by atoms with E-state index in [1.807, 2.05) is 0 Å². The maximum Gasteiger partial charge on any atom is 0.346 e. The summed E-state index contributed by atoms with van der Waals surface area (Å²) in [7, 11) is 0. The van der Waals surface area contributed by atoms with Gasteiger partial charge in [0, 0.05) is 5.56 Å². The molecular weight excluding hydrogens is 301 g/mol. The first kappa shape index (κ1) is 13.4. The maximum atomic E-state index is 14.1. The molecule has 0 unspecified atom stereocenters. The molecule has 0 spiro atoms. The van der Waals surface area contributed by atoms with Gasteiger partial charge < -0.3 is 10.8 Å². The summed E-state index contributed by atoms with van der Waals surface area (Å²) in [5.74, 6) is -1.40. The van der Waals surface area contributed by atoms with Crippen molar-refractivity contribution >= 4 is 34.6 Å². The largest absolute Gasteiger partial charge is 0.477 e. The zero-order valence-electron chi connectivity index (χ0n) is 10.3. The molecule has 3 rings (SSSR count). The molecule has 6 heteroatoms. The number of aromatic carboxylic acids is 1. The number of halogens is 2. The second kappa shape index (κ2) is 4.75. The van der Waals surface area contributed by atoms with Crippen molar-refractivity contribution in [3.63, 3.8) is 0 Å². The van der Waals surface area contributed by atoms with Crippen LogP contribution in [0.4, 0.5) is 10.1 Å². The van der Waals surface area contributed by atoms with Crippen LogP contribution in [0.15, 0.2) is 18.2 Å². The van der Waals surface area contributed by atoms with Crippen LogP contribution < -0.4 is 5.73 Å². The summed E-state index contributed by atoms with van der Waals surface area (Å²) >= 11 is 7.32. The van der Waals surface area contributed by atoms with Crippen molar-refractivity contribution in [2.75, 3.05) is 5.73 Å². The minimum Gasteiger partial charge on any atom is -0.477 e. The lowest BCUT2D eigenvalue weighted by atomic mass is 10.1. The van der Waals surface area contributed by atoms with Gasteiger partial charge in [0.2, 0.25) is 0 Å². The zero-order valence-corrected chi connectivity index (χ0v) is 11.9. The average molecular weight is 312 g/mol. The highest BCUT2D eigenvalue weighted by atomic mass is 35.5. The van der Waals surface area contributed by atoms with E-state index in [1.165, 1.54) is 6.07 Å². The van der Waals surface area contributed by atoms with Crippen molar-refractivity contribution in [2.24, 2.45) is 0 Å². The molecular formula is C14H11ClFNO2S. The number of nitrogens with two attached hydrogens (primary N) is 1. The lowest BCUT2D eigenvalue weighted by Crippen LogP contribution is -1.96. The van der Waals surface area contributed by atoms with Crippen molar-refractivity contribution in [1.82, 2.24) is 0 Å². The van der Waals surface area contributed by atoms with Crippen molar-refractivity contribution in [2.45, 2.75) is 18.8 Å². The Labute approximate surface area is 123 Å². The number of carboxylic acids is 1. The van der Waals surface area contributed by atoms with Gasteiger partial charge in [0.15, 0.2) is 5.82 Å². The smallest absolute Gasteiger partial charge is 0.346 e. The second-order valence-corrected chi connectivity index (χ2v) is 6.17. The molecule has 104 valence electrons. The summed E-state index contributed by atoms with van der Waals surface area (Å²) in [4.78, 5) is 12.0. The van der Waals surface area contributed by atoms with E-state index in [9.17, 15) is 14.3 Å². The molecule has 1 aromatic heterocycles. The van der Waals surface area contributed by atoms with E-state index in [-0.39, 0.29) is 22.0 Å². The number of nitrogen functional groups attached to an aromatic ring is 1. The predicted molar refractivity (Wildman–Crippen MR) is 78.1 cm³/mol. The van der Waals surface area contributed by atoms with Gasteiger partial charge >= 0.3 is 5.97 Å². The molecule has 0 atom stereocenters. The van der Waals surface area contributed by atoms with Gasteiger partial charge in [-0.2, -0.15) is 0 Å². The van der Waals surface area contributed by atoms with Crippen LogP contribution in [0.3, 0.4) is 0 Å². The van der Waals surface area contributed by atoms with Crippen molar-refractivity contribution in [3.05, 3.63) is 39.5 Å². The molecule has 0 amide bonds. The van der Waals surface area contributed by atoms with E-state index in [4.69, 9.17) is 17.3 Å². The second-order valence-electron chi connectivity index (χ2n) is 4.78. The van der Waals surface area contributed by atoms with Crippen LogP contribution in [0, 0.1) is 5.82 Å². The van der Waals surface area contributed by atoms with Crippen LogP contribution in [0.2, 0.25) is 5.02 Å². The Hall–Kier alpha value is -1.59. The molecule has 1 aliphatic rings. The Kier molecular flexibility index (Phi) is 3.18. The maximum absolute atomic E-state index is 14.1. The fourth-order valence-electron chi connectivity index (χ4n) is 2.22. The number of hydrogen-bond acceptors (Lipinski definition) is 3. The normalized spacial score (nSPS) is 14.5. The van der Waals surface area contributed by atoms with Crippen LogP contribution in [0.1, 0.15) is 34.0 Å². The number of benzene rings is 1. The molecule has 0 saturated heterocycles. The monoisotopic (exact) mass is 311 g/mol. The molecule has 0 aliphatic heterocycles. The minimum atomic E-state index is -1.02. The molecule has 0 bridgehead atoms. The molecule has 0 radical (unpaired) electrons. The van der Waals surface area contributed by atoms with E-state index in [1.54, 1.807) is 12.1 Å². The van der Waals surface area contributed by atoms with E-state index >= 15 is 0 Å². The molecule has 20 heavy (non-hydrogen) atoms. The predicted octanol–water partition coefficient (Wildman–Crippen LogP) is 4.37. The number of rotatable bonds is 3. The van der Waals surface area contributed by atoms with Crippen LogP contribution in [0.5, 0.6) is 0 Å². The molecule has 1 heterocycles. The Morgan fingerprint density at radius 1 is 1.45 bits per heavy atom. The summed E-state index contributed by atoms with van der Waals surface area (Å²) in [5.41, 5.74) is 6.48. The van der Waals surface area contributed by atoms with Crippen LogP contribution >= 0.6 is 22.9 Å². The number of carboxylic acid groups (broad SMARTS) is 1. The highest BCUT2D eigenvalue weighted by Gasteiger charge is 2.34. The quantitative estimate of drug-likeness (QED) is 0.827. The van der Waals surface area contributed by atoms with Gasteiger partial charge in [-0.1, -0.05) is 23.7 Å². The molecule has 1 aliphatic carbocycles. The fourth-order valence-corrected chi connectivity index (χ4v) is 3.88. The number of anilines is 1. The Morgan fingerprint density at radius 2 is 2.15 bits per heavy atom. The Morgan fingerprint density at radius 3 is 2.75 bits per heavy atom. The third-order valence-electron chi connectivity index (χ3n) is 3.34. The van der Waals surface area contributed by atoms with Gasteiger partial charge in [-0.25, -0.2) is 9.18 Å². The lowest BCUT2D eigenvalue weighted by Gasteiger charge is -2.04. The fraction of sp³-hybridized carbons (Fsp3) is 0.214. The number of carbonyl (C=O) groups is 1. The van der Waals surface area contributed by atoms with Gasteiger partial charge in [0.25, 0.3) is 0 Å². The van der Waals surface area contributed by atoms with Crippen molar-refractivity contribution in [1.29, 1.82) is 0 Å². The molecule has 1 saturated carbocycles. The third-order valence-corrected chi connectivity index (χ3v) is 5.07. The molecule has 1 aromatic carbocycles. The first-order valence-corrected chi connectivity index (χ1v) is 7.30. The SMILES string of the molecule is Nc1cccc(-c2sc(C(=O)O)c(C3CC3)c2Cl)c1F. The van der Waals surface area contributed by atoms with E-state index in [0.717, 1.165) is 24.2 Å².